The minimum atomic E-state index is 0. The molecule has 1 aromatic rings. The van der Waals surface area contributed by atoms with Crippen LogP contribution in [-0.4, -0.2) is 26.2 Å². The summed E-state index contributed by atoms with van der Waals surface area (Å²) in [4.78, 5) is 2.48. The van der Waals surface area contributed by atoms with Crippen LogP contribution in [0.25, 0.3) is 0 Å². The quantitative estimate of drug-likeness (QED) is 0.899. The van der Waals surface area contributed by atoms with Crippen molar-refractivity contribution in [1.29, 1.82) is 0 Å². The highest BCUT2D eigenvalue weighted by Gasteiger charge is 2.48. The summed E-state index contributed by atoms with van der Waals surface area (Å²) in [5, 5.41) is 3.43. The molecule has 0 amide bonds. The average Bonchev–Trinajstić information content (AvgIpc) is 2.76. The Labute approximate surface area is 132 Å². The molecule has 2 fully saturated rings. The SMILES string of the molecule is Cl.Fc1cccc2c1C1(CCC1)CN2CC1CCNCC1. The van der Waals surface area contributed by atoms with Gasteiger partial charge in [0, 0.05) is 29.8 Å². The van der Waals surface area contributed by atoms with Gasteiger partial charge in [-0.3, -0.25) is 0 Å². The highest BCUT2D eigenvalue weighted by atomic mass is 35.5. The van der Waals surface area contributed by atoms with E-state index in [0.717, 1.165) is 37.7 Å². The summed E-state index contributed by atoms with van der Waals surface area (Å²) in [5.41, 5.74) is 2.36. The predicted molar refractivity (Wildman–Crippen MR) is 87.0 cm³/mol. The second-order valence-corrected chi connectivity index (χ2v) is 6.84. The summed E-state index contributed by atoms with van der Waals surface area (Å²) in [5.74, 6) is 0.789. The summed E-state index contributed by atoms with van der Waals surface area (Å²) in [7, 11) is 0. The zero-order chi connectivity index (χ0) is 13.6. The molecule has 21 heavy (non-hydrogen) atoms. The number of hydrogen-bond donors (Lipinski definition) is 1. The van der Waals surface area contributed by atoms with E-state index in [-0.39, 0.29) is 23.6 Å². The van der Waals surface area contributed by atoms with E-state index in [2.05, 4.69) is 16.3 Å². The first-order valence-electron chi connectivity index (χ1n) is 8.03. The highest BCUT2D eigenvalue weighted by molar-refractivity contribution is 5.85. The summed E-state index contributed by atoms with van der Waals surface area (Å²) in [6, 6.07) is 5.65. The van der Waals surface area contributed by atoms with Gasteiger partial charge in [-0.1, -0.05) is 12.5 Å². The normalized spacial score (nSPS) is 23.6. The first kappa shape index (κ1) is 15.1. The van der Waals surface area contributed by atoms with Crippen LogP contribution in [0.3, 0.4) is 0 Å². The number of anilines is 1. The third-order valence-electron chi connectivity index (χ3n) is 5.60. The Morgan fingerprint density at radius 2 is 2.00 bits per heavy atom. The van der Waals surface area contributed by atoms with Gasteiger partial charge < -0.3 is 10.2 Å². The minimum Gasteiger partial charge on any atom is -0.370 e. The minimum absolute atomic E-state index is 0. The van der Waals surface area contributed by atoms with Crippen LogP contribution >= 0.6 is 12.4 Å². The van der Waals surface area contributed by atoms with Crippen molar-refractivity contribution >= 4 is 18.1 Å². The van der Waals surface area contributed by atoms with E-state index in [9.17, 15) is 4.39 Å². The lowest BCUT2D eigenvalue weighted by Crippen LogP contribution is -2.42. The fourth-order valence-corrected chi connectivity index (χ4v) is 4.38. The maximum atomic E-state index is 14.3. The molecule has 116 valence electrons. The van der Waals surface area contributed by atoms with Gasteiger partial charge in [-0.15, -0.1) is 12.4 Å². The van der Waals surface area contributed by atoms with Crippen molar-refractivity contribution in [1.82, 2.24) is 5.32 Å². The Hall–Kier alpha value is -0.800. The number of nitrogens with zero attached hydrogens (tertiary/aromatic N) is 1. The van der Waals surface area contributed by atoms with Crippen molar-refractivity contribution < 1.29 is 4.39 Å². The van der Waals surface area contributed by atoms with Gasteiger partial charge in [0.2, 0.25) is 0 Å². The number of hydrogen-bond acceptors (Lipinski definition) is 2. The Morgan fingerprint density at radius 3 is 2.67 bits per heavy atom. The van der Waals surface area contributed by atoms with E-state index < -0.39 is 0 Å². The van der Waals surface area contributed by atoms with Gasteiger partial charge in [-0.2, -0.15) is 0 Å². The lowest BCUT2D eigenvalue weighted by molar-refractivity contribution is 0.252. The van der Waals surface area contributed by atoms with Crippen LogP contribution in [0.2, 0.25) is 0 Å². The number of nitrogens with one attached hydrogen (secondary N) is 1. The predicted octanol–water partition coefficient (Wildman–Crippen LogP) is 3.49. The van der Waals surface area contributed by atoms with E-state index in [1.54, 1.807) is 6.07 Å². The van der Waals surface area contributed by atoms with Crippen molar-refractivity contribution in [3.8, 4) is 0 Å². The molecule has 4 heteroatoms. The van der Waals surface area contributed by atoms with Gasteiger partial charge in [-0.25, -0.2) is 4.39 Å². The zero-order valence-electron chi connectivity index (χ0n) is 12.4. The van der Waals surface area contributed by atoms with E-state index in [4.69, 9.17) is 0 Å². The molecule has 0 atom stereocenters. The number of halogens is 2. The molecule has 1 aromatic carbocycles. The molecular weight excluding hydrogens is 287 g/mol. The van der Waals surface area contributed by atoms with Gasteiger partial charge in [-0.05, 0) is 56.8 Å². The number of rotatable bonds is 2. The van der Waals surface area contributed by atoms with Gasteiger partial charge in [0.25, 0.3) is 0 Å². The molecule has 0 radical (unpaired) electrons. The fraction of sp³-hybridized carbons (Fsp3) is 0.647. The van der Waals surface area contributed by atoms with Crippen molar-refractivity contribution in [2.24, 2.45) is 5.92 Å². The topological polar surface area (TPSA) is 15.3 Å². The second-order valence-electron chi connectivity index (χ2n) is 6.84. The van der Waals surface area contributed by atoms with Crippen LogP contribution in [0, 0.1) is 11.7 Å². The molecule has 3 aliphatic rings. The van der Waals surface area contributed by atoms with E-state index in [1.807, 2.05) is 6.07 Å². The summed E-state index contributed by atoms with van der Waals surface area (Å²) in [6.45, 7) is 4.44. The maximum absolute atomic E-state index is 14.3. The van der Waals surface area contributed by atoms with Crippen LogP contribution in [0.4, 0.5) is 10.1 Å². The molecule has 1 N–H and O–H groups in total. The van der Waals surface area contributed by atoms with E-state index >= 15 is 0 Å². The van der Waals surface area contributed by atoms with Crippen molar-refractivity contribution in [2.45, 2.75) is 37.5 Å². The van der Waals surface area contributed by atoms with Crippen molar-refractivity contribution in [3.05, 3.63) is 29.6 Å². The highest BCUT2D eigenvalue weighted by Crippen LogP contribution is 2.53. The zero-order valence-corrected chi connectivity index (χ0v) is 13.2. The van der Waals surface area contributed by atoms with E-state index in [1.165, 1.54) is 37.8 Å². The van der Waals surface area contributed by atoms with Crippen LogP contribution in [0.5, 0.6) is 0 Å². The average molecular weight is 311 g/mol. The molecule has 4 rings (SSSR count). The molecule has 2 heterocycles. The maximum Gasteiger partial charge on any atom is 0.129 e. The first-order valence-corrected chi connectivity index (χ1v) is 8.03. The summed E-state index contributed by atoms with van der Waals surface area (Å²) < 4.78 is 14.3. The van der Waals surface area contributed by atoms with E-state index in [0.29, 0.717) is 0 Å². The van der Waals surface area contributed by atoms with Gasteiger partial charge in [0.05, 0.1) is 0 Å². The first-order chi connectivity index (χ1) is 9.78. The molecule has 2 nitrogen and oxygen atoms in total. The molecule has 1 saturated heterocycles. The number of benzene rings is 1. The lowest BCUT2D eigenvalue weighted by Gasteiger charge is -2.39. The Morgan fingerprint density at radius 1 is 1.24 bits per heavy atom. The van der Waals surface area contributed by atoms with Crippen molar-refractivity contribution in [3.63, 3.8) is 0 Å². The van der Waals surface area contributed by atoms with Gasteiger partial charge in [0.15, 0.2) is 0 Å². The lowest BCUT2D eigenvalue weighted by atomic mass is 9.65. The van der Waals surface area contributed by atoms with Gasteiger partial charge in [0.1, 0.15) is 5.82 Å². The third-order valence-corrected chi connectivity index (χ3v) is 5.60. The molecule has 1 aliphatic carbocycles. The van der Waals surface area contributed by atoms with Crippen LogP contribution < -0.4 is 10.2 Å². The molecule has 0 aromatic heterocycles. The molecule has 0 bridgehead atoms. The second kappa shape index (κ2) is 5.77. The van der Waals surface area contributed by atoms with Crippen LogP contribution in [-0.2, 0) is 5.41 Å². The Kier molecular flexibility index (Phi) is 4.15. The largest absolute Gasteiger partial charge is 0.370 e. The van der Waals surface area contributed by atoms with Gasteiger partial charge >= 0.3 is 0 Å². The standard InChI is InChI=1S/C17H23FN2.ClH/c18-14-3-1-4-15-16(14)17(7-2-8-17)12-20(15)11-13-5-9-19-10-6-13;/h1,3-4,13,19H,2,5-12H2;1H. The summed E-state index contributed by atoms with van der Waals surface area (Å²) in [6.07, 6.45) is 6.12. The number of piperidine rings is 1. The number of fused-ring (bicyclic) bond motifs is 2. The Balaban J connectivity index is 0.00000132. The molecule has 1 saturated carbocycles. The van der Waals surface area contributed by atoms with Crippen LogP contribution in [0.1, 0.15) is 37.7 Å². The Bertz CT molecular complexity index is 510. The smallest absolute Gasteiger partial charge is 0.129 e. The van der Waals surface area contributed by atoms with Crippen LogP contribution in [0.15, 0.2) is 18.2 Å². The third kappa shape index (κ3) is 2.44. The van der Waals surface area contributed by atoms with Crippen molar-refractivity contribution in [2.75, 3.05) is 31.1 Å². The molecule has 0 unspecified atom stereocenters. The molecule has 2 aliphatic heterocycles. The molecule has 1 spiro atoms. The summed E-state index contributed by atoms with van der Waals surface area (Å²) >= 11 is 0. The monoisotopic (exact) mass is 310 g/mol. The fourth-order valence-electron chi connectivity index (χ4n) is 4.38. The molecular formula is C17H24ClFN2.